The lowest BCUT2D eigenvalue weighted by molar-refractivity contribution is -0.180. The number of halogens is 3. The lowest BCUT2D eigenvalue weighted by Crippen LogP contribution is -2.38. The van der Waals surface area contributed by atoms with E-state index in [2.05, 4.69) is 0 Å². The predicted octanol–water partition coefficient (Wildman–Crippen LogP) is 3.81. The van der Waals surface area contributed by atoms with E-state index >= 15 is 0 Å². The zero-order valence-electron chi connectivity index (χ0n) is 8.96. The third kappa shape index (κ3) is 1.39. The number of benzene rings is 1. The third-order valence-corrected chi connectivity index (χ3v) is 3.76. The van der Waals surface area contributed by atoms with Gasteiger partial charge in [-0.25, -0.2) is 0 Å². The molecule has 1 nitrogen and oxygen atoms in total. The lowest BCUT2D eigenvalue weighted by atomic mass is 9.75. The fourth-order valence-electron chi connectivity index (χ4n) is 2.93. The summed E-state index contributed by atoms with van der Waals surface area (Å²) in [7, 11) is 0. The van der Waals surface area contributed by atoms with E-state index in [0.717, 1.165) is 5.56 Å². The molecule has 1 saturated carbocycles. The molecule has 90 valence electrons. The SMILES string of the molecule is OC1=Cc2ccccc2C2(CC2)C1C(F)(F)F. The van der Waals surface area contributed by atoms with E-state index in [4.69, 9.17) is 0 Å². The van der Waals surface area contributed by atoms with Crippen molar-refractivity contribution in [2.24, 2.45) is 5.92 Å². The first-order chi connectivity index (χ1) is 7.95. The highest BCUT2D eigenvalue weighted by Gasteiger charge is 2.64. The average Bonchev–Trinajstić information content (AvgIpc) is 2.97. The summed E-state index contributed by atoms with van der Waals surface area (Å²) in [5.41, 5.74) is 0.524. The van der Waals surface area contributed by atoms with Gasteiger partial charge >= 0.3 is 6.18 Å². The van der Waals surface area contributed by atoms with Crippen LogP contribution in [0.4, 0.5) is 13.2 Å². The van der Waals surface area contributed by atoms with Crippen LogP contribution >= 0.6 is 0 Å². The van der Waals surface area contributed by atoms with Gasteiger partial charge in [0.1, 0.15) is 11.7 Å². The quantitative estimate of drug-likeness (QED) is 0.731. The van der Waals surface area contributed by atoms with Gasteiger partial charge in [0.05, 0.1) is 0 Å². The summed E-state index contributed by atoms with van der Waals surface area (Å²) in [6.07, 6.45) is -2.15. The van der Waals surface area contributed by atoms with Crippen LogP contribution in [0, 0.1) is 5.92 Å². The average molecular weight is 240 g/mol. The summed E-state index contributed by atoms with van der Waals surface area (Å²) in [5, 5.41) is 9.67. The van der Waals surface area contributed by atoms with Crippen molar-refractivity contribution in [3.63, 3.8) is 0 Å². The van der Waals surface area contributed by atoms with Crippen LogP contribution in [0.25, 0.3) is 6.08 Å². The van der Waals surface area contributed by atoms with Gasteiger partial charge in [-0.2, -0.15) is 13.2 Å². The monoisotopic (exact) mass is 240 g/mol. The topological polar surface area (TPSA) is 20.2 Å². The van der Waals surface area contributed by atoms with Crippen LogP contribution < -0.4 is 0 Å². The number of hydrogen-bond acceptors (Lipinski definition) is 1. The minimum absolute atomic E-state index is 0.492. The van der Waals surface area contributed by atoms with Crippen molar-refractivity contribution in [2.75, 3.05) is 0 Å². The van der Waals surface area contributed by atoms with Gasteiger partial charge in [-0.15, -0.1) is 0 Å². The van der Waals surface area contributed by atoms with E-state index in [-0.39, 0.29) is 0 Å². The Bertz CT molecular complexity index is 498. The largest absolute Gasteiger partial charge is 0.512 e. The summed E-state index contributed by atoms with van der Waals surface area (Å²) in [6, 6.07) is 7.01. The van der Waals surface area contributed by atoms with Gasteiger partial charge in [0.25, 0.3) is 0 Å². The van der Waals surface area contributed by atoms with Crippen molar-refractivity contribution in [1.29, 1.82) is 0 Å². The van der Waals surface area contributed by atoms with Crippen LogP contribution in [0.1, 0.15) is 24.0 Å². The Balaban J connectivity index is 2.19. The van der Waals surface area contributed by atoms with Crippen molar-refractivity contribution < 1.29 is 18.3 Å². The Labute approximate surface area is 96.6 Å². The van der Waals surface area contributed by atoms with Crippen LogP contribution in [0.15, 0.2) is 30.0 Å². The van der Waals surface area contributed by atoms with Crippen LogP contribution in [0.2, 0.25) is 0 Å². The summed E-state index contributed by atoms with van der Waals surface area (Å²) in [5.74, 6) is -2.28. The minimum atomic E-state index is -4.38. The molecular formula is C13H11F3O. The second-order valence-electron chi connectivity index (χ2n) is 4.79. The molecule has 3 rings (SSSR count). The molecule has 0 aliphatic heterocycles. The summed E-state index contributed by atoms with van der Waals surface area (Å²) in [6.45, 7) is 0. The molecule has 0 aromatic heterocycles. The van der Waals surface area contributed by atoms with Gasteiger partial charge in [-0.3, -0.25) is 0 Å². The predicted molar refractivity (Wildman–Crippen MR) is 57.5 cm³/mol. The number of alkyl halides is 3. The number of allylic oxidation sites excluding steroid dienone is 1. The highest BCUT2D eigenvalue weighted by atomic mass is 19.4. The molecule has 0 saturated heterocycles. The van der Waals surface area contributed by atoms with Crippen molar-refractivity contribution in [3.8, 4) is 0 Å². The standard InChI is InChI=1S/C13H11F3O/c14-13(15,16)11-10(17)7-8-3-1-2-4-9(8)12(11)5-6-12/h1-4,7,11,17H,5-6H2. The Hall–Kier alpha value is -1.45. The molecule has 0 radical (unpaired) electrons. The third-order valence-electron chi connectivity index (χ3n) is 3.76. The van der Waals surface area contributed by atoms with Gasteiger partial charge in [-0.05, 0) is 30.0 Å². The Morgan fingerprint density at radius 2 is 1.82 bits per heavy atom. The van der Waals surface area contributed by atoms with Crippen molar-refractivity contribution >= 4 is 6.08 Å². The van der Waals surface area contributed by atoms with E-state index in [1.165, 1.54) is 6.08 Å². The van der Waals surface area contributed by atoms with Crippen molar-refractivity contribution in [3.05, 3.63) is 41.2 Å². The molecule has 17 heavy (non-hydrogen) atoms. The Kier molecular flexibility index (Phi) is 1.92. The van der Waals surface area contributed by atoms with Gasteiger partial charge < -0.3 is 5.11 Å². The molecule has 0 bridgehead atoms. The molecule has 2 aliphatic rings. The first-order valence-corrected chi connectivity index (χ1v) is 5.52. The second kappa shape index (κ2) is 3.06. The van der Waals surface area contributed by atoms with Crippen LogP contribution in [-0.2, 0) is 5.41 Å². The maximum Gasteiger partial charge on any atom is 0.399 e. The molecule has 1 unspecified atom stereocenters. The van der Waals surface area contributed by atoms with Crippen molar-refractivity contribution in [2.45, 2.75) is 24.4 Å². The van der Waals surface area contributed by atoms with Crippen LogP contribution in [0.3, 0.4) is 0 Å². The zero-order valence-corrected chi connectivity index (χ0v) is 8.96. The molecule has 1 aromatic carbocycles. The van der Waals surface area contributed by atoms with Gasteiger partial charge in [0.2, 0.25) is 0 Å². The molecule has 1 atom stereocenters. The van der Waals surface area contributed by atoms with E-state index in [1.54, 1.807) is 24.3 Å². The fourth-order valence-corrected chi connectivity index (χ4v) is 2.93. The molecule has 4 heteroatoms. The van der Waals surface area contributed by atoms with Crippen LogP contribution in [-0.4, -0.2) is 11.3 Å². The first kappa shape index (κ1) is 10.7. The summed E-state index contributed by atoms with van der Waals surface area (Å²) >= 11 is 0. The summed E-state index contributed by atoms with van der Waals surface area (Å²) in [4.78, 5) is 0. The molecule has 1 fully saturated rings. The highest BCUT2D eigenvalue weighted by molar-refractivity contribution is 5.64. The van der Waals surface area contributed by atoms with Gasteiger partial charge in [0, 0.05) is 5.41 Å². The first-order valence-electron chi connectivity index (χ1n) is 5.52. The molecular weight excluding hydrogens is 229 g/mol. The molecule has 2 aliphatic carbocycles. The normalized spacial score (nSPS) is 25.4. The Morgan fingerprint density at radius 3 is 2.41 bits per heavy atom. The van der Waals surface area contributed by atoms with E-state index in [1.807, 2.05) is 0 Å². The summed E-state index contributed by atoms with van der Waals surface area (Å²) < 4.78 is 39.1. The number of rotatable bonds is 0. The fraction of sp³-hybridized carbons (Fsp3) is 0.385. The number of hydrogen-bond donors (Lipinski definition) is 1. The molecule has 1 N–H and O–H groups in total. The maximum atomic E-state index is 13.0. The van der Waals surface area contributed by atoms with Gasteiger partial charge in [0.15, 0.2) is 0 Å². The second-order valence-corrected chi connectivity index (χ2v) is 4.79. The molecule has 0 amide bonds. The van der Waals surface area contributed by atoms with Crippen molar-refractivity contribution in [1.82, 2.24) is 0 Å². The molecule has 1 spiro atoms. The molecule has 1 aromatic rings. The van der Waals surface area contributed by atoms with Crippen LogP contribution in [0.5, 0.6) is 0 Å². The number of fused-ring (bicyclic) bond motifs is 2. The lowest BCUT2D eigenvalue weighted by Gasteiger charge is -2.33. The minimum Gasteiger partial charge on any atom is -0.512 e. The number of aliphatic hydroxyl groups is 1. The smallest absolute Gasteiger partial charge is 0.399 e. The van der Waals surface area contributed by atoms with E-state index < -0.39 is 23.3 Å². The van der Waals surface area contributed by atoms with Gasteiger partial charge in [-0.1, -0.05) is 24.3 Å². The zero-order chi connectivity index (χ0) is 12.3. The number of aliphatic hydroxyl groups excluding tert-OH is 1. The Morgan fingerprint density at radius 1 is 1.18 bits per heavy atom. The molecule has 0 heterocycles. The van der Waals surface area contributed by atoms with E-state index in [0.29, 0.717) is 18.4 Å². The maximum absolute atomic E-state index is 13.0. The highest BCUT2D eigenvalue weighted by Crippen LogP contribution is 2.62. The van der Waals surface area contributed by atoms with E-state index in [9.17, 15) is 18.3 Å².